The summed E-state index contributed by atoms with van der Waals surface area (Å²) in [5, 5.41) is 3.70. The fraction of sp³-hybridized carbons (Fsp3) is 0.238. The minimum atomic E-state index is -0.214. The molecule has 0 aliphatic heterocycles. The number of pyridine rings is 1. The molecule has 5 nitrogen and oxygen atoms in total. The summed E-state index contributed by atoms with van der Waals surface area (Å²) in [6.07, 6.45) is 1.68. The monoisotopic (exact) mass is 350 g/mol. The summed E-state index contributed by atoms with van der Waals surface area (Å²) in [6.45, 7) is 0.550. The van der Waals surface area contributed by atoms with Crippen molar-refractivity contribution in [2.75, 3.05) is 13.7 Å². The average Bonchev–Trinajstić information content (AvgIpc) is 2.68. The number of nitrogens with one attached hydrogen (secondary N) is 1. The van der Waals surface area contributed by atoms with E-state index in [-0.39, 0.29) is 11.5 Å². The second-order valence-corrected chi connectivity index (χ2v) is 6.18. The van der Waals surface area contributed by atoms with Crippen molar-refractivity contribution in [3.63, 3.8) is 0 Å². The molecule has 0 radical (unpaired) electrons. The third kappa shape index (κ3) is 3.77. The maximum Gasteiger partial charge on any atom is 0.252 e. The van der Waals surface area contributed by atoms with Crippen molar-refractivity contribution < 1.29 is 9.53 Å². The van der Waals surface area contributed by atoms with Crippen molar-refractivity contribution >= 4 is 16.8 Å². The van der Waals surface area contributed by atoms with Crippen LogP contribution in [0.4, 0.5) is 0 Å². The molecule has 0 spiro atoms. The molecule has 26 heavy (non-hydrogen) atoms. The summed E-state index contributed by atoms with van der Waals surface area (Å²) in [4.78, 5) is 24.6. The number of hydrogen-bond acceptors (Lipinski definition) is 3. The van der Waals surface area contributed by atoms with Gasteiger partial charge in [-0.15, -0.1) is 0 Å². The molecule has 1 amide bonds. The number of aryl methyl sites for hydroxylation is 2. The normalized spacial score (nSPS) is 10.7. The summed E-state index contributed by atoms with van der Waals surface area (Å²) in [5.41, 5.74) is 2.18. The lowest BCUT2D eigenvalue weighted by molar-refractivity contribution is 0.0954. The van der Waals surface area contributed by atoms with Crippen LogP contribution < -0.4 is 15.6 Å². The van der Waals surface area contributed by atoms with Crippen molar-refractivity contribution in [3.05, 3.63) is 76.1 Å². The van der Waals surface area contributed by atoms with Crippen LogP contribution in [0.3, 0.4) is 0 Å². The standard InChI is InChI=1S/C21H22N2O3/c1-23-19-8-4-3-7-17(19)18(14-20(23)24)21(25)22-13-5-6-15-9-11-16(26-2)12-10-15/h3-4,7-12,14H,5-6,13H2,1-2H3,(H,22,25). The highest BCUT2D eigenvalue weighted by Gasteiger charge is 2.12. The van der Waals surface area contributed by atoms with Crippen LogP contribution in [0.1, 0.15) is 22.3 Å². The van der Waals surface area contributed by atoms with Crippen LogP contribution in [0, 0.1) is 0 Å². The molecular weight excluding hydrogens is 328 g/mol. The van der Waals surface area contributed by atoms with Gasteiger partial charge in [-0.25, -0.2) is 0 Å². The first-order valence-electron chi connectivity index (χ1n) is 8.60. The predicted octanol–water partition coefficient (Wildman–Crippen LogP) is 2.91. The summed E-state index contributed by atoms with van der Waals surface area (Å²) in [7, 11) is 3.35. The zero-order valence-electron chi connectivity index (χ0n) is 15.0. The van der Waals surface area contributed by atoms with E-state index in [0.29, 0.717) is 12.1 Å². The fourth-order valence-electron chi connectivity index (χ4n) is 2.98. The highest BCUT2D eigenvalue weighted by atomic mass is 16.5. The lowest BCUT2D eigenvalue weighted by atomic mass is 10.1. The Kier molecular flexibility index (Phi) is 5.37. The fourth-order valence-corrected chi connectivity index (χ4v) is 2.98. The molecule has 0 aliphatic rings. The van der Waals surface area contributed by atoms with Crippen LogP contribution in [0.15, 0.2) is 59.4 Å². The number of hydrogen-bond donors (Lipinski definition) is 1. The molecule has 0 saturated heterocycles. The van der Waals surface area contributed by atoms with Gasteiger partial charge in [0, 0.05) is 25.0 Å². The Morgan fingerprint density at radius 3 is 2.58 bits per heavy atom. The SMILES string of the molecule is COc1ccc(CCCNC(=O)c2cc(=O)n(C)c3ccccc23)cc1. The van der Waals surface area contributed by atoms with Crippen molar-refractivity contribution in [3.8, 4) is 5.75 Å². The average molecular weight is 350 g/mol. The Labute approximate surface area is 152 Å². The van der Waals surface area contributed by atoms with Crippen LogP contribution in [0.5, 0.6) is 5.75 Å². The molecule has 134 valence electrons. The molecule has 0 fully saturated rings. The zero-order chi connectivity index (χ0) is 18.5. The third-order valence-corrected chi connectivity index (χ3v) is 4.49. The van der Waals surface area contributed by atoms with Gasteiger partial charge in [0.15, 0.2) is 0 Å². The molecule has 0 unspecified atom stereocenters. The third-order valence-electron chi connectivity index (χ3n) is 4.49. The second kappa shape index (κ2) is 7.87. The van der Waals surface area contributed by atoms with Crippen molar-refractivity contribution in [1.29, 1.82) is 0 Å². The molecule has 0 aliphatic carbocycles. The number of para-hydroxylation sites is 1. The highest BCUT2D eigenvalue weighted by molar-refractivity contribution is 6.06. The van der Waals surface area contributed by atoms with E-state index in [0.717, 1.165) is 29.5 Å². The van der Waals surface area contributed by atoms with Gasteiger partial charge >= 0.3 is 0 Å². The number of carbonyl (C=O) groups is 1. The quantitative estimate of drug-likeness (QED) is 0.696. The van der Waals surface area contributed by atoms with E-state index in [2.05, 4.69) is 5.32 Å². The largest absolute Gasteiger partial charge is 0.497 e. The molecule has 0 saturated carbocycles. The van der Waals surface area contributed by atoms with Crippen LogP contribution >= 0.6 is 0 Å². The summed E-state index contributed by atoms with van der Waals surface area (Å²) < 4.78 is 6.70. The minimum Gasteiger partial charge on any atom is -0.497 e. The molecule has 3 rings (SSSR count). The van der Waals surface area contributed by atoms with Crippen LogP contribution in [-0.2, 0) is 13.5 Å². The van der Waals surface area contributed by atoms with E-state index in [1.54, 1.807) is 18.7 Å². The number of fused-ring (bicyclic) bond motifs is 1. The second-order valence-electron chi connectivity index (χ2n) is 6.18. The molecule has 3 aromatic rings. The van der Waals surface area contributed by atoms with Gasteiger partial charge in [-0.3, -0.25) is 9.59 Å². The number of aromatic nitrogens is 1. The van der Waals surface area contributed by atoms with Gasteiger partial charge in [-0.2, -0.15) is 0 Å². The maximum absolute atomic E-state index is 12.5. The Morgan fingerprint density at radius 1 is 1.12 bits per heavy atom. The van der Waals surface area contributed by atoms with E-state index in [9.17, 15) is 9.59 Å². The van der Waals surface area contributed by atoms with Gasteiger partial charge < -0.3 is 14.6 Å². The minimum absolute atomic E-state index is 0.188. The highest BCUT2D eigenvalue weighted by Crippen LogP contribution is 2.16. The number of benzene rings is 2. The van der Waals surface area contributed by atoms with Gasteiger partial charge in [0.05, 0.1) is 18.2 Å². The van der Waals surface area contributed by atoms with Gasteiger partial charge in [0.1, 0.15) is 5.75 Å². The number of methoxy groups -OCH3 is 1. The number of ether oxygens (including phenoxy) is 1. The number of amides is 1. The van der Waals surface area contributed by atoms with Crippen LogP contribution in [-0.4, -0.2) is 24.1 Å². The number of rotatable bonds is 6. The number of nitrogens with zero attached hydrogens (tertiary/aromatic N) is 1. The van der Waals surface area contributed by atoms with Gasteiger partial charge in [0.2, 0.25) is 0 Å². The first-order chi connectivity index (χ1) is 12.6. The van der Waals surface area contributed by atoms with Crippen LogP contribution in [0.25, 0.3) is 10.9 Å². The smallest absolute Gasteiger partial charge is 0.252 e. The molecule has 2 aromatic carbocycles. The van der Waals surface area contributed by atoms with Crippen LogP contribution in [0.2, 0.25) is 0 Å². The molecule has 1 heterocycles. The molecule has 1 aromatic heterocycles. The zero-order valence-corrected chi connectivity index (χ0v) is 15.0. The van der Waals surface area contributed by atoms with Gasteiger partial charge in [-0.1, -0.05) is 30.3 Å². The van der Waals surface area contributed by atoms with E-state index < -0.39 is 0 Å². The Bertz CT molecular complexity index is 975. The Hall–Kier alpha value is -3.08. The molecule has 0 bridgehead atoms. The Balaban J connectivity index is 1.64. The predicted molar refractivity (Wildman–Crippen MR) is 103 cm³/mol. The first kappa shape index (κ1) is 17.7. The molecule has 5 heteroatoms. The van der Waals surface area contributed by atoms with E-state index >= 15 is 0 Å². The summed E-state index contributed by atoms with van der Waals surface area (Å²) in [6, 6.07) is 16.7. The topological polar surface area (TPSA) is 60.3 Å². The lowest BCUT2D eigenvalue weighted by Crippen LogP contribution is -2.28. The summed E-state index contributed by atoms with van der Waals surface area (Å²) >= 11 is 0. The first-order valence-corrected chi connectivity index (χ1v) is 8.60. The maximum atomic E-state index is 12.5. The Morgan fingerprint density at radius 2 is 1.85 bits per heavy atom. The van der Waals surface area contributed by atoms with E-state index in [4.69, 9.17) is 4.74 Å². The van der Waals surface area contributed by atoms with Crippen molar-refractivity contribution in [1.82, 2.24) is 9.88 Å². The van der Waals surface area contributed by atoms with Crippen molar-refractivity contribution in [2.45, 2.75) is 12.8 Å². The van der Waals surface area contributed by atoms with Crippen molar-refractivity contribution in [2.24, 2.45) is 7.05 Å². The van der Waals surface area contributed by atoms with E-state index in [1.807, 2.05) is 48.5 Å². The van der Waals surface area contributed by atoms with Gasteiger partial charge in [-0.05, 0) is 36.6 Å². The summed E-state index contributed by atoms with van der Waals surface area (Å²) in [5.74, 6) is 0.619. The molecule has 0 atom stereocenters. The number of carbonyl (C=O) groups excluding carboxylic acids is 1. The van der Waals surface area contributed by atoms with Gasteiger partial charge in [0.25, 0.3) is 11.5 Å². The van der Waals surface area contributed by atoms with E-state index in [1.165, 1.54) is 11.6 Å². The molecular formula is C21H22N2O3. The lowest BCUT2D eigenvalue weighted by Gasteiger charge is -2.10. The molecule has 1 N–H and O–H groups in total.